The molecular formula is C38H25NS. The summed E-state index contributed by atoms with van der Waals surface area (Å²) in [6.07, 6.45) is 0. The maximum atomic E-state index is 2.44. The van der Waals surface area contributed by atoms with Crippen molar-refractivity contribution in [1.82, 2.24) is 0 Å². The molecule has 8 aromatic rings. The molecule has 1 heterocycles. The smallest absolute Gasteiger partial charge is 0.0540 e. The van der Waals surface area contributed by atoms with Crippen LogP contribution in [-0.2, 0) is 0 Å². The van der Waals surface area contributed by atoms with E-state index in [1.807, 2.05) is 11.3 Å². The summed E-state index contributed by atoms with van der Waals surface area (Å²) in [5, 5.41) is 7.67. The molecule has 0 N–H and O–H groups in total. The molecule has 0 unspecified atom stereocenters. The number of nitrogens with zero attached hydrogens (tertiary/aromatic N) is 1. The van der Waals surface area contributed by atoms with Crippen molar-refractivity contribution in [1.29, 1.82) is 0 Å². The van der Waals surface area contributed by atoms with E-state index in [2.05, 4.69) is 157 Å². The molecule has 8 rings (SSSR count). The summed E-state index contributed by atoms with van der Waals surface area (Å²) >= 11 is 1.89. The molecule has 0 aliphatic rings. The highest BCUT2D eigenvalue weighted by atomic mass is 32.1. The quantitative estimate of drug-likeness (QED) is 0.220. The lowest BCUT2D eigenvalue weighted by Crippen LogP contribution is -2.11. The van der Waals surface area contributed by atoms with E-state index >= 15 is 0 Å². The number of rotatable bonds is 4. The van der Waals surface area contributed by atoms with E-state index in [-0.39, 0.29) is 0 Å². The van der Waals surface area contributed by atoms with Gasteiger partial charge >= 0.3 is 0 Å². The van der Waals surface area contributed by atoms with Crippen LogP contribution in [-0.4, -0.2) is 0 Å². The Labute approximate surface area is 237 Å². The molecule has 1 aromatic heterocycles. The van der Waals surface area contributed by atoms with E-state index < -0.39 is 0 Å². The van der Waals surface area contributed by atoms with Gasteiger partial charge in [-0.3, -0.25) is 0 Å². The summed E-state index contributed by atoms with van der Waals surface area (Å²) in [4.78, 5) is 2.44. The molecule has 40 heavy (non-hydrogen) atoms. The Kier molecular flexibility index (Phi) is 5.39. The molecule has 0 radical (unpaired) electrons. The zero-order valence-corrected chi connectivity index (χ0v) is 22.6. The van der Waals surface area contributed by atoms with Crippen molar-refractivity contribution < 1.29 is 0 Å². The summed E-state index contributed by atoms with van der Waals surface area (Å²) in [6, 6.07) is 54.9. The monoisotopic (exact) mass is 527 g/mol. The van der Waals surface area contributed by atoms with E-state index in [1.165, 1.54) is 58.5 Å². The van der Waals surface area contributed by atoms with E-state index in [9.17, 15) is 0 Å². The number of anilines is 3. The van der Waals surface area contributed by atoms with Gasteiger partial charge in [-0.2, -0.15) is 0 Å². The number of benzene rings is 7. The normalized spacial score (nSPS) is 11.5. The van der Waals surface area contributed by atoms with Crippen LogP contribution in [0.3, 0.4) is 0 Å². The van der Waals surface area contributed by atoms with E-state index in [0.29, 0.717) is 0 Å². The summed E-state index contributed by atoms with van der Waals surface area (Å²) in [6.45, 7) is 0. The minimum atomic E-state index is 1.14. The van der Waals surface area contributed by atoms with Crippen molar-refractivity contribution in [3.63, 3.8) is 0 Å². The van der Waals surface area contributed by atoms with Crippen LogP contribution in [0.4, 0.5) is 17.1 Å². The largest absolute Gasteiger partial charge is 0.309 e. The zero-order valence-electron chi connectivity index (χ0n) is 21.8. The third-order valence-corrected chi connectivity index (χ3v) is 9.06. The van der Waals surface area contributed by atoms with Gasteiger partial charge in [0, 0.05) is 42.2 Å². The van der Waals surface area contributed by atoms with Crippen LogP contribution in [0.1, 0.15) is 0 Å². The summed E-state index contributed by atoms with van der Waals surface area (Å²) in [5.74, 6) is 0. The molecule has 0 atom stereocenters. The molecule has 0 fully saturated rings. The van der Waals surface area contributed by atoms with Crippen LogP contribution >= 0.6 is 11.3 Å². The van der Waals surface area contributed by atoms with Gasteiger partial charge in [-0.15, -0.1) is 11.3 Å². The Balaban J connectivity index is 1.44. The van der Waals surface area contributed by atoms with E-state index in [1.54, 1.807) is 0 Å². The summed E-state index contributed by atoms with van der Waals surface area (Å²) < 4.78 is 2.67. The van der Waals surface area contributed by atoms with Crippen molar-refractivity contribution in [3.05, 3.63) is 152 Å². The van der Waals surface area contributed by atoms with Crippen molar-refractivity contribution in [2.75, 3.05) is 4.90 Å². The molecule has 2 heteroatoms. The molecule has 0 aliphatic carbocycles. The van der Waals surface area contributed by atoms with Crippen molar-refractivity contribution in [2.45, 2.75) is 0 Å². The number of para-hydroxylation sites is 1. The molecule has 0 saturated heterocycles. The van der Waals surface area contributed by atoms with Crippen LogP contribution < -0.4 is 4.90 Å². The Morgan fingerprint density at radius 3 is 2.02 bits per heavy atom. The maximum absolute atomic E-state index is 2.44. The summed E-state index contributed by atoms with van der Waals surface area (Å²) in [5.41, 5.74) is 5.89. The lowest BCUT2D eigenvalue weighted by atomic mass is 9.99. The SMILES string of the molecule is c1ccc(-c2ccccc2N(c2ccc3ccccc3c2)c2cccc3c2ccc2c4ccccc4sc32)cc1. The van der Waals surface area contributed by atoms with Crippen LogP contribution in [0.5, 0.6) is 0 Å². The minimum absolute atomic E-state index is 1.14. The number of hydrogen-bond acceptors (Lipinski definition) is 2. The lowest BCUT2D eigenvalue weighted by Gasteiger charge is -2.29. The molecule has 0 spiro atoms. The molecule has 0 bridgehead atoms. The Hall–Kier alpha value is -4.92. The second-order valence-corrected chi connectivity index (χ2v) is 11.2. The van der Waals surface area contributed by atoms with Gasteiger partial charge in [-0.25, -0.2) is 0 Å². The van der Waals surface area contributed by atoms with Crippen molar-refractivity contribution in [3.8, 4) is 11.1 Å². The minimum Gasteiger partial charge on any atom is -0.309 e. The third kappa shape index (κ3) is 3.69. The molecular weight excluding hydrogens is 502 g/mol. The highest BCUT2D eigenvalue weighted by molar-refractivity contribution is 7.26. The average Bonchev–Trinajstić information content (AvgIpc) is 3.41. The fraction of sp³-hybridized carbons (Fsp3) is 0. The molecule has 1 nitrogen and oxygen atoms in total. The zero-order chi connectivity index (χ0) is 26.5. The first-order chi connectivity index (χ1) is 19.8. The Bertz CT molecular complexity index is 2170. The van der Waals surface area contributed by atoms with Gasteiger partial charge in [0.15, 0.2) is 0 Å². The van der Waals surface area contributed by atoms with Gasteiger partial charge in [-0.1, -0.05) is 121 Å². The van der Waals surface area contributed by atoms with Crippen LogP contribution in [0.15, 0.2) is 152 Å². The van der Waals surface area contributed by atoms with Gasteiger partial charge in [-0.05, 0) is 46.7 Å². The lowest BCUT2D eigenvalue weighted by molar-refractivity contribution is 1.30. The van der Waals surface area contributed by atoms with Gasteiger partial charge in [0.2, 0.25) is 0 Å². The predicted molar refractivity (Wildman–Crippen MR) is 174 cm³/mol. The van der Waals surface area contributed by atoms with Gasteiger partial charge in [0.25, 0.3) is 0 Å². The highest BCUT2D eigenvalue weighted by Gasteiger charge is 2.20. The fourth-order valence-electron chi connectivity index (χ4n) is 5.97. The van der Waals surface area contributed by atoms with Crippen LogP contribution in [0.2, 0.25) is 0 Å². The van der Waals surface area contributed by atoms with E-state index in [0.717, 1.165) is 11.4 Å². The number of fused-ring (bicyclic) bond motifs is 6. The first kappa shape index (κ1) is 23.0. The predicted octanol–water partition coefficient (Wildman–Crippen LogP) is 11.5. The molecule has 7 aromatic carbocycles. The second kappa shape index (κ2) is 9.37. The highest BCUT2D eigenvalue weighted by Crippen LogP contribution is 2.46. The van der Waals surface area contributed by atoms with Gasteiger partial charge < -0.3 is 4.90 Å². The molecule has 188 valence electrons. The number of thiophene rings is 1. The first-order valence-corrected chi connectivity index (χ1v) is 14.4. The standard InChI is InChI=1S/C38H25NS/c1-2-12-27(13-3-1)30-15-6-8-18-35(30)39(29-22-21-26-11-4-5-14-28(26)25-29)36-19-10-17-33-31(36)23-24-34-32-16-7-9-20-37(32)40-38(33)34/h1-25H. The van der Waals surface area contributed by atoms with Crippen LogP contribution in [0.25, 0.3) is 52.8 Å². The first-order valence-electron chi connectivity index (χ1n) is 13.6. The molecule has 0 amide bonds. The van der Waals surface area contributed by atoms with E-state index in [4.69, 9.17) is 0 Å². The Morgan fingerprint density at radius 1 is 0.425 bits per heavy atom. The average molecular weight is 528 g/mol. The Morgan fingerprint density at radius 2 is 1.10 bits per heavy atom. The second-order valence-electron chi connectivity index (χ2n) is 10.2. The third-order valence-electron chi connectivity index (χ3n) is 7.84. The van der Waals surface area contributed by atoms with Crippen LogP contribution in [0, 0.1) is 0 Å². The van der Waals surface area contributed by atoms with Crippen molar-refractivity contribution in [2.24, 2.45) is 0 Å². The molecule has 0 saturated carbocycles. The van der Waals surface area contributed by atoms with Crippen molar-refractivity contribution >= 4 is 70.1 Å². The number of hydrogen-bond donors (Lipinski definition) is 0. The maximum Gasteiger partial charge on any atom is 0.0540 e. The molecule has 0 aliphatic heterocycles. The topological polar surface area (TPSA) is 3.24 Å². The summed E-state index contributed by atoms with van der Waals surface area (Å²) in [7, 11) is 0. The van der Waals surface area contributed by atoms with Gasteiger partial charge in [0.1, 0.15) is 0 Å². The van der Waals surface area contributed by atoms with Gasteiger partial charge in [0.05, 0.1) is 11.4 Å². The fourth-order valence-corrected chi connectivity index (χ4v) is 7.20.